The maximum atomic E-state index is 13.2. The molecule has 2 aromatic rings. The molecule has 5 heteroatoms. The summed E-state index contributed by atoms with van der Waals surface area (Å²) in [4.78, 5) is 12.0. The van der Waals surface area contributed by atoms with Gasteiger partial charge in [0.2, 0.25) is 0 Å². The standard InChI is InChI=1S/C15H9F3O2/c16-10-5-8(6-11(17)15(10)18)14-7-12(19)9-3-1-2-4-13(9)20-14/h1-6,14H,7H2. The first-order valence-corrected chi connectivity index (χ1v) is 5.99. The molecule has 20 heavy (non-hydrogen) atoms. The Kier molecular flexibility index (Phi) is 2.97. The lowest BCUT2D eigenvalue weighted by Gasteiger charge is -2.25. The van der Waals surface area contributed by atoms with Gasteiger partial charge in [-0.3, -0.25) is 4.79 Å². The van der Waals surface area contributed by atoms with Gasteiger partial charge in [-0.05, 0) is 29.8 Å². The molecule has 0 N–H and O–H groups in total. The highest BCUT2D eigenvalue weighted by atomic mass is 19.2. The molecule has 0 bridgehead atoms. The topological polar surface area (TPSA) is 26.3 Å². The number of ketones is 1. The van der Waals surface area contributed by atoms with E-state index in [4.69, 9.17) is 4.74 Å². The molecule has 0 radical (unpaired) electrons. The van der Waals surface area contributed by atoms with Crippen LogP contribution < -0.4 is 4.74 Å². The number of rotatable bonds is 1. The van der Waals surface area contributed by atoms with Crippen LogP contribution in [0.2, 0.25) is 0 Å². The SMILES string of the molecule is O=C1CC(c2cc(F)c(F)c(F)c2)Oc2ccccc21. The van der Waals surface area contributed by atoms with Gasteiger partial charge < -0.3 is 4.74 Å². The Hall–Kier alpha value is -2.30. The van der Waals surface area contributed by atoms with Crippen molar-refractivity contribution in [3.05, 3.63) is 65.0 Å². The van der Waals surface area contributed by atoms with Crippen molar-refractivity contribution >= 4 is 5.78 Å². The smallest absolute Gasteiger partial charge is 0.194 e. The fraction of sp³-hybridized carbons (Fsp3) is 0.133. The summed E-state index contributed by atoms with van der Waals surface area (Å²) in [5.41, 5.74) is 0.538. The monoisotopic (exact) mass is 278 g/mol. The fourth-order valence-corrected chi connectivity index (χ4v) is 2.22. The van der Waals surface area contributed by atoms with Gasteiger partial charge in [0.15, 0.2) is 23.2 Å². The van der Waals surface area contributed by atoms with Gasteiger partial charge in [-0.15, -0.1) is 0 Å². The Bertz CT molecular complexity index is 674. The molecule has 1 atom stereocenters. The van der Waals surface area contributed by atoms with Gasteiger partial charge >= 0.3 is 0 Å². The van der Waals surface area contributed by atoms with E-state index in [1.54, 1.807) is 24.3 Å². The Morgan fingerprint density at radius 2 is 1.70 bits per heavy atom. The zero-order chi connectivity index (χ0) is 14.3. The van der Waals surface area contributed by atoms with Crippen molar-refractivity contribution in [2.24, 2.45) is 0 Å². The van der Waals surface area contributed by atoms with Gasteiger partial charge in [-0.1, -0.05) is 12.1 Å². The molecule has 102 valence electrons. The molecule has 2 aromatic carbocycles. The molecule has 2 nitrogen and oxygen atoms in total. The molecule has 0 aromatic heterocycles. The zero-order valence-electron chi connectivity index (χ0n) is 10.2. The predicted molar refractivity (Wildman–Crippen MR) is 65.1 cm³/mol. The van der Waals surface area contributed by atoms with Crippen molar-refractivity contribution in [1.82, 2.24) is 0 Å². The molecule has 0 amide bonds. The summed E-state index contributed by atoms with van der Waals surface area (Å²) in [6.07, 6.45) is -0.858. The van der Waals surface area contributed by atoms with Crippen LogP contribution in [0.3, 0.4) is 0 Å². The van der Waals surface area contributed by atoms with Crippen LogP contribution in [-0.4, -0.2) is 5.78 Å². The number of ether oxygens (including phenoxy) is 1. The maximum Gasteiger partial charge on any atom is 0.194 e. The van der Waals surface area contributed by atoms with E-state index in [-0.39, 0.29) is 17.8 Å². The molecular weight excluding hydrogens is 269 g/mol. The van der Waals surface area contributed by atoms with Crippen molar-refractivity contribution in [2.45, 2.75) is 12.5 Å². The van der Waals surface area contributed by atoms with E-state index in [0.717, 1.165) is 12.1 Å². The van der Waals surface area contributed by atoms with E-state index in [9.17, 15) is 18.0 Å². The number of hydrogen-bond acceptors (Lipinski definition) is 2. The Morgan fingerprint density at radius 3 is 2.40 bits per heavy atom. The van der Waals surface area contributed by atoms with Crippen molar-refractivity contribution in [1.29, 1.82) is 0 Å². The van der Waals surface area contributed by atoms with Crippen LogP contribution in [0.4, 0.5) is 13.2 Å². The lowest BCUT2D eigenvalue weighted by molar-refractivity contribution is 0.0849. The van der Waals surface area contributed by atoms with Gasteiger partial charge in [0, 0.05) is 0 Å². The third-order valence-electron chi connectivity index (χ3n) is 3.21. The minimum absolute atomic E-state index is 0.0402. The van der Waals surface area contributed by atoms with Crippen LogP contribution in [0.5, 0.6) is 5.75 Å². The average molecular weight is 278 g/mol. The maximum absolute atomic E-state index is 13.2. The van der Waals surface area contributed by atoms with E-state index < -0.39 is 23.6 Å². The summed E-state index contributed by atoms with van der Waals surface area (Å²) in [7, 11) is 0. The number of hydrogen-bond donors (Lipinski definition) is 0. The highest BCUT2D eigenvalue weighted by molar-refractivity contribution is 5.99. The number of Topliss-reactive ketones (excluding diaryl/α,β-unsaturated/α-hetero) is 1. The molecule has 1 heterocycles. The summed E-state index contributed by atoms with van der Waals surface area (Å²) in [5, 5.41) is 0. The van der Waals surface area contributed by atoms with Gasteiger partial charge in [-0.25, -0.2) is 13.2 Å². The number of carbonyl (C=O) groups excluding carboxylic acids is 1. The van der Waals surface area contributed by atoms with Crippen molar-refractivity contribution in [3.8, 4) is 5.75 Å². The third kappa shape index (κ3) is 2.05. The van der Waals surface area contributed by atoms with Crippen molar-refractivity contribution < 1.29 is 22.7 Å². The van der Waals surface area contributed by atoms with E-state index >= 15 is 0 Å². The van der Waals surface area contributed by atoms with Crippen LogP contribution in [-0.2, 0) is 0 Å². The van der Waals surface area contributed by atoms with Gasteiger partial charge in [0.05, 0.1) is 12.0 Å². The first-order chi connectivity index (χ1) is 9.56. The van der Waals surface area contributed by atoms with Crippen LogP contribution in [0.1, 0.15) is 28.4 Å². The molecule has 0 saturated carbocycles. The molecule has 0 spiro atoms. The molecular formula is C15H9F3O2. The van der Waals surface area contributed by atoms with Crippen LogP contribution in [0, 0.1) is 17.5 Å². The summed E-state index contributed by atoms with van der Waals surface area (Å²) >= 11 is 0. The fourth-order valence-electron chi connectivity index (χ4n) is 2.22. The van der Waals surface area contributed by atoms with Crippen molar-refractivity contribution in [3.63, 3.8) is 0 Å². The van der Waals surface area contributed by atoms with Crippen LogP contribution >= 0.6 is 0 Å². The van der Waals surface area contributed by atoms with E-state index in [1.807, 2.05) is 0 Å². The second-order valence-corrected chi connectivity index (χ2v) is 4.53. The van der Waals surface area contributed by atoms with Gasteiger partial charge in [-0.2, -0.15) is 0 Å². The number of fused-ring (bicyclic) bond motifs is 1. The quantitative estimate of drug-likeness (QED) is 0.741. The normalized spacial score (nSPS) is 17.6. The van der Waals surface area contributed by atoms with Crippen molar-refractivity contribution in [2.75, 3.05) is 0 Å². The third-order valence-corrected chi connectivity index (χ3v) is 3.21. The molecule has 1 unspecified atom stereocenters. The molecule has 1 aliphatic rings. The van der Waals surface area contributed by atoms with Gasteiger partial charge in [0.25, 0.3) is 0 Å². The molecule has 0 saturated heterocycles. The lowest BCUT2D eigenvalue weighted by Crippen LogP contribution is -2.20. The minimum atomic E-state index is -1.53. The molecule has 1 aliphatic heterocycles. The number of carbonyl (C=O) groups is 1. The highest BCUT2D eigenvalue weighted by Gasteiger charge is 2.28. The summed E-state index contributed by atoms with van der Waals surface area (Å²) in [5.74, 6) is -3.94. The molecule has 3 rings (SSSR count). The Morgan fingerprint density at radius 1 is 1.05 bits per heavy atom. The number of halogens is 3. The lowest BCUT2D eigenvalue weighted by atomic mass is 9.96. The van der Waals surface area contributed by atoms with E-state index in [2.05, 4.69) is 0 Å². The van der Waals surface area contributed by atoms with Crippen LogP contribution in [0.25, 0.3) is 0 Å². The number of benzene rings is 2. The first-order valence-electron chi connectivity index (χ1n) is 5.99. The number of para-hydroxylation sites is 1. The highest BCUT2D eigenvalue weighted by Crippen LogP contribution is 2.35. The average Bonchev–Trinajstić information content (AvgIpc) is 2.44. The predicted octanol–water partition coefficient (Wildman–Crippen LogP) is 3.81. The summed E-state index contributed by atoms with van der Waals surface area (Å²) in [6.45, 7) is 0. The Balaban J connectivity index is 2.00. The van der Waals surface area contributed by atoms with Crippen LogP contribution in [0.15, 0.2) is 36.4 Å². The summed E-state index contributed by atoms with van der Waals surface area (Å²) in [6, 6.07) is 8.34. The largest absolute Gasteiger partial charge is 0.484 e. The zero-order valence-corrected chi connectivity index (χ0v) is 10.2. The summed E-state index contributed by atoms with van der Waals surface area (Å²) < 4.78 is 45.0. The minimum Gasteiger partial charge on any atom is -0.484 e. The first kappa shape index (κ1) is 12.7. The molecule has 0 aliphatic carbocycles. The Labute approximate surface area is 112 Å². The second-order valence-electron chi connectivity index (χ2n) is 4.53. The van der Waals surface area contributed by atoms with E-state index in [0.29, 0.717) is 11.3 Å². The van der Waals surface area contributed by atoms with Gasteiger partial charge in [0.1, 0.15) is 11.9 Å². The van der Waals surface area contributed by atoms with E-state index in [1.165, 1.54) is 0 Å². The second kappa shape index (κ2) is 4.67. The molecule has 0 fully saturated rings.